The van der Waals surface area contributed by atoms with Gasteiger partial charge in [0.25, 0.3) is 5.91 Å². The average Bonchev–Trinajstić information content (AvgIpc) is 3.42. The second kappa shape index (κ2) is 8.56. The van der Waals surface area contributed by atoms with Gasteiger partial charge in [-0.3, -0.25) is 4.79 Å². The van der Waals surface area contributed by atoms with Crippen molar-refractivity contribution in [3.05, 3.63) is 98.7 Å². The van der Waals surface area contributed by atoms with Crippen LogP contribution < -0.4 is 0 Å². The fourth-order valence-electron chi connectivity index (χ4n) is 4.04. The van der Waals surface area contributed by atoms with Crippen LogP contribution >= 0.6 is 22.9 Å². The lowest BCUT2D eigenvalue weighted by molar-refractivity contribution is 0.0696. The van der Waals surface area contributed by atoms with Crippen molar-refractivity contribution in [3.8, 4) is 22.4 Å². The number of carbonyl (C=O) groups is 2. The monoisotopic (exact) mass is 486 g/mol. The standard InChI is InChI=1S/C27H19ClN2O3S/c1-15-4-3-5-22(28)24(15)26(31)30-23-13-19(20-12-16(2)34-14-20)10-11-21(23)25(29-30)17-6-8-18(9-7-17)27(32)33/h3-14H,1-2H3,(H,32,33). The van der Waals surface area contributed by atoms with Gasteiger partial charge >= 0.3 is 5.97 Å². The molecular weight excluding hydrogens is 468 g/mol. The second-order valence-electron chi connectivity index (χ2n) is 8.06. The summed E-state index contributed by atoms with van der Waals surface area (Å²) in [5.74, 6) is -1.32. The molecule has 0 saturated heterocycles. The number of hydrogen-bond acceptors (Lipinski definition) is 4. The van der Waals surface area contributed by atoms with E-state index in [1.165, 1.54) is 21.7 Å². The normalized spacial score (nSPS) is 11.1. The molecule has 5 aromatic rings. The molecule has 0 atom stereocenters. The van der Waals surface area contributed by atoms with Crippen molar-refractivity contribution < 1.29 is 14.7 Å². The van der Waals surface area contributed by atoms with Gasteiger partial charge in [0.05, 0.1) is 21.7 Å². The van der Waals surface area contributed by atoms with Gasteiger partial charge in [-0.05, 0) is 72.3 Å². The highest BCUT2D eigenvalue weighted by Gasteiger charge is 2.22. The molecule has 0 spiro atoms. The zero-order valence-electron chi connectivity index (χ0n) is 18.4. The molecule has 0 unspecified atom stereocenters. The van der Waals surface area contributed by atoms with Gasteiger partial charge in [0.15, 0.2) is 0 Å². The molecule has 5 nitrogen and oxygen atoms in total. The van der Waals surface area contributed by atoms with Crippen LogP contribution in [-0.4, -0.2) is 26.8 Å². The average molecular weight is 487 g/mol. The highest BCUT2D eigenvalue weighted by Crippen LogP contribution is 2.34. The van der Waals surface area contributed by atoms with Gasteiger partial charge in [0.1, 0.15) is 5.69 Å². The van der Waals surface area contributed by atoms with Gasteiger partial charge in [-0.1, -0.05) is 41.9 Å². The first kappa shape index (κ1) is 22.1. The number of aromatic nitrogens is 2. The molecule has 5 rings (SSSR count). The number of halogens is 1. The van der Waals surface area contributed by atoms with Crippen LogP contribution in [0.2, 0.25) is 5.02 Å². The van der Waals surface area contributed by atoms with E-state index in [0.29, 0.717) is 21.8 Å². The number of aryl methyl sites for hydroxylation is 2. The summed E-state index contributed by atoms with van der Waals surface area (Å²) in [7, 11) is 0. The van der Waals surface area contributed by atoms with Crippen LogP contribution in [0.4, 0.5) is 0 Å². The van der Waals surface area contributed by atoms with Crippen LogP contribution in [-0.2, 0) is 0 Å². The van der Waals surface area contributed by atoms with Crippen molar-refractivity contribution in [2.24, 2.45) is 0 Å². The molecule has 0 aliphatic carbocycles. The predicted octanol–water partition coefficient (Wildman–Crippen LogP) is 7.09. The van der Waals surface area contributed by atoms with Crippen molar-refractivity contribution in [1.29, 1.82) is 0 Å². The smallest absolute Gasteiger partial charge is 0.335 e. The van der Waals surface area contributed by atoms with Gasteiger partial charge in [-0.25, -0.2) is 4.79 Å². The minimum atomic E-state index is -0.998. The number of hydrogen-bond donors (Lipinski definition) is 1. The molecular formula is C27H19ClN2O3S. The maximum Gasteiger partial charge on any atom is 0.335 e. The van der Waals surface area contributed by atoms with Crippen molar-refractivity contribution in [1.82, 2.24) is 9.78 Å². The Kier molecular flexibility index (Phi) is 5.55. The molecule has 2 aromatic heterocycles. The first-order valence-corrected chi connectivity index (χ1v) is 11.8. The Bertz CT molecular complexity index is 1560. The molecule has 34 heavy (non-hydrogen) atoms. The molecule has 7 heteroatoms. The van der Waals surface area contributed by atoms with E-state index in [0.717, 1.165) is 27.6 Å². The molecule has 0 aliphatic heterocycles. The van der Waals surface area contributed by atoms with E-state index in [-0.39, 0.29) is 11.5 Å². The number of thiophene rings is 1. The highest BCUT2D eigenvalue weighted by molar-refractivity contribution is 7.10. The van der Waals surface area contributed by atoms with E-state index in [4.69, 9.17) is 16.7 Å². The molecule has 168 valence electrons. The SMILES string of the molecule is Cc1cc(-c2ccc3c(-c4ccc(C(=O)O)cc4)nn(C(=O)c4c(C)cccc4Cl)c3c2)cs1. The van der Waals surface area contributed by atoms with Gasteiger partial charge < -0.3 is 5.11 Å². The molecule has 2 heterocycles. The zero-order valence-corrected chi connectivity index (χ0v) is 19.9. The Balaban J connectivity index is 1.74. The number of aromatic carboxylic acids is 1. The third kappa shape index (κ3) is 3.81. The number of carboxylic acid groups (broad SMARTS) is 1. The number of carbonyl (C=O) groups excluding carboxylic acids is 1. The van der Waals surface area contributed by atoms with Gasteiger partial charge in [-0.15, -0.1) is 11.3 Å². The Labute approximate surface area is 204 Å². The van der Waals surface area contributed by atoms with Gasteiger partial charge in [0, 0.05) is 15.8 Å². The van der Waals surface area contributed by atoms with E-state index >= 15 is 0 Å². The Morgan fingerprint density at radius 1 is 0.941 bits per heavy atom. The summed E-state index contributed by atoms with van der Waals surface area (Å²) in [4.78, 5) is 26.2. The Morgan fingerprint density at radius 2 is 1.68 bits per heavy atom. The largest absolute Gasteiger partial charge is 0.478 e. The lowest BCUT2D eigenvalue weighted by atomic mass is 10.0. The number of nitrogens with zero attached hydrogens (tertiary/aromatic N) is 2. The summed E-state index contributed by atoms with van der Waals surface area (Å²) in [6.45, 7) is 3.90. The molecule has 0 bridgehead atoms. The molecule has 0 radical (unpaired) electrons. The fraction of sp³-hybridized carbons (Fsp3) is 0.0741. The third-order valence-electron chi connectivity index (χ3n) is 5.78. The first-order valence-electron chi connectivity index (χ1n) is 10.6. The van der Waals surface area contributed by atoms with Crippen molar-refractivity contribution in [2.75, 3.05) is 0 Å². The summed E-state index contributed by atoms with van der Waals surface area (Å²) in [6, 6.07) is 19.9. The minimum Gasteiger partial charge on any atom is -0.478 e. The Morgan fingerprint density at radius 3 is 2.32 bits per heavy atom. The topological polar surface area (TPSA) is 72.2 Å². The fourth-order valence-corrected chi connectivity index (χ4v) is 5.05. The molecule has 0 aliphatic rings. The van der Waals surface area contributed by atoms with Crippen LogP contribution in [0.1, 0.15) is 31.2 Å². The number of carboxylic acids is 1. The van der Waals surface area contributed by atoms with Crippen molar-refractivity contribution >= 4 is 45.7 Å². The molecule has 0 fully saturated rings. The van der Waals surface area contributed by atoms with Crippen LogP contribution in [0.15, 0.2) is 72.1 Å². The van der Waals surface area contributed by atoms with Crippen molar-refractivity contribution in [3.63, 3.8) is 0 Å². The Hall–Kier alpha value is -3.74. The van der Waals surface area contributed by atoms with Crippen LogP contribution in [0.25, 0.3) is 33.3 Å². The van der Waals surface area contributed by atoms with E-state index < -0.39 is 5.97 Å². The maximum absolute atomic E-state index is 13.7. The number of fused-ring (bicyclic) bond motifs is 1. The van der Waals surface area contributed by atoms with E-state index in [2.05, 4.69) is 18.4 Å². The first-order chi connectivity index (χ1) is 16.3. The summed E-state index contributed by atoms with van der Waals surface area (Å²) in [5, 5.41) is 17.2. The summed E-state index contributed by atoms with van der Waals surface area (Å²) in [5.41, 5.74) is 5.37. The predicted molar refractivity (Wildman–Crippen MR) is 136 cm³/mol. The van der Waals surface area contributed by atoms with Crippen LogP contribution in [0.3, 0.4) is 0 Å². The third-order valence-corrected chi connectivity index (χ3v) is 6.95. The van der Waals surface area contributed by atoms with E-state index in [1.54, 1.807) is 29.5 Å². The molecule has 3 aromatic carbocycles. The summed E-state index contributed by atoms with van der Waals surface area (Å²) >= 11 is 8.08. The van der Waals surface area contributed by atoms with Gasteiger partial charge in [-0.2, -0.15) is 9.78 Å². The lowest BCUT2D eigenvalue weighted by Gasteiger charge is -2.08. The van der Waals surface area contributed by atoms with Crippen LogP contribution in [0, 0.1) is 13.8 Å². The minimum absolute atomic E-state index is 0.186. The summed E-state index contributed by atoms with van der Waals surface area (Å²) < 4.78 is 1.40. The van der Waals surface area contributed by atoms with E-state index in [9.17, 15) is 14.7 Å². The quantitative estimate of drug-likeness (QED) is 0.294. The van der Waals surface area contributed by atoms with Crippen molar-refractivity contribution in [2.45, 2.75) is 13.8 Å². The highest BCUT2D eigenvalue weighted by atomic mass is 35.5. The second-order valence-corrected chi connectivity index (χ2v) is 9.58. The maximum atomic E-state index is 13.7. The molecule has 0 saturated carbocycles. The number of benzene rings is 3. The lowest BCUT2D eigenvalue weighted by Crippen LogP contribution is -2.15. The summed E-state index contributed by atoms with van der Waals surface area (Å²) in [6.07, 6.45) is 0. The zero-order chi connectivity index (χ0) is 24.0. The molecule has 1 N–H and O–H groups in total. The van der Waals surface area contributed by atoms with Gasteiger partial charge in [0.2, 0.25) is 0 Å². The molecule has 0 amide bonds. The number of rotatable bonds is 4. The van der Waals surface area contributed by atoms with Crippen LogP contribution in [0.5, 0.6) is 0 Å². The van der Waals surface area contributed by atoms with E-state index in [1.807, 2.05) is 37.3 Å².